The van der Waals surface area contributed by atoms with E-state index in [1.807, 2.05) is 0 Å². The fourth-order valence-corrected chi connectivity index (χ4v) is 2.34. The molecule has 1 atom stereocenters. The Hall–Kier alpha value is -1.06. The third-order valence-corrected chi connectivity index (χ3v) is 3.52. The molecule has 1 N–H and O–H groups in total. The number of unbranched alkanes of at least 4 members (excludes halogenated alkanes) is 3. The van der Waals surface area contributed by atoms with Gasteiger partial charge in [0.2, 0.25) is 0 Å². The minimum atomic E-state index is 0.382. The third kappa shape index (κ3) is 4.84. The molecule has 1 radical (unpaired) electrons. The molecule has 2 rings (SSSR count). The second-order valence-corrected chi connectivity index (χ2v) is 5.11. The van der Waals surface area contributed by atoms with Crippen LogP contribution in [-0.4, -0.2) is 26.2 Å². The Morgan fingerprint density at radius 1 is 1.21 bits per heavy atom. The number of rotatable bonds is 7. The van der Waals surface area contributed by atoms with E-state index in [0.29, 0.717) is 6.04 Å². The van der Waals surface area contributed by atoms with Gasteiger partial charge in [-0.3, -0.25) is 0 Å². The average Bonchev–Trinajstić information content (AvgIpc) is 2.49. The van der Waals surface area contributed by atoms with Crippen molar-refractivity contribution in [2.24, 2.45) is 0 Å². The van der Waals surface area contributed by atoms with Crippen LogP contribution < -0.4 is 15.4 Å². The summed E-state index contributed by atoms with van der Waals surface area (Å²) in [6, 6.07) is 8.84. The first-order chi connectivity index (χ1) is 9.40. The molecule has 1 aromatic rings. The molecule has 1 saturated heterocycles. The van der Waals surface area contributed by atoms with E-state index in [2.05, 4.69) is 41.8 Å². The second kappa shape index (κ2) is 8.18. The summed E-state index contributed by atoms with van der Waals surface area (Å²) in [5.74, 6) is 0.980. The maximum atomic E-state index is 5.75. The average molecular weight is 261 g/mol. The van der Waals surface area contributed by atoms with Crippen molar-refractivity contribution in [3.05, 3.63) is 29.8 Å². The lowest BCUT2D eigenvalue weighted by atomic mass is 10.1. The molecule has 1 aliphatic rings. The van der Waals surface area contributed by atoms with Crippen LogP contribution in [0, 0.1) is 0 Å². The van der Waals surface area contributed by atoms with Crippen LogP contribution in [0.2, 0.25) is 0 Å². The molecule has 19 heavy (non-hydrogen) atoms. The molecule has 1 aromatic carbocycles. The third-order valence-electron chi connectivity index (χ3n) is 3.52. The second-order valence-electron chi connectivity index (χ2n) is 5.11. The van der Waals surface area contributed by atoms with Crippen LogP contribution in [0.4, 0.5) is 0 Å². The molecular formula is C16H25N2O. The van der Waals surface area contributed by atoms with Gasteiger partial charge in [-0.25, -0.2) is 5.32 Å². The molecule has 105 valence electrons. The molecule has 1 aliphatic heterocycles. The van der Waals surface area contributed by atoms with Gasteiger partial charge < -0.3 is 10.1 Å². The van der Waals surface area contributed by atoms with E-state index < -0.39 is 0 Å². The van der Waals surface area contributed by atoms with Gasteiger partial charge in [0.05, 0.1) is 6.61 Å². The van der Waals surface area contributed by atoms with Crippen LogP contribution in [0.1, 0.15) is 44.2 Å². The molecule has 0 amide bonds. The van der Waals surface area contributed by atoms with Crippen molar-refractivity contribution in [1.82, 2.24) is 10.6 Å². The highest BCUT2D eigenvalue weighted by atomic mass is 16.5. The number of benzene rings is 1. The van der Waals surface area contributed by atoms with E-state index in [1.54, 1.807) is 0 Å². The lowest BCUT2D eigenvalue weighted by molar-refractivity contribution is 0.305. The summed E-state index contributed by atoms with van der Waals surface area (Å²) in [5.41, 5.74) is 1.31. The van der Waals surface area contributed by atoms with E-state index in [9.17, 15) is 0 Å². The van der Waals surface area contributed by atoms with Crippen LogP contribution in [-0.2, 0) is 0 Å². The summed E-state index contributed by atoms with van der Waals surface area (Å²) >= 11 is 0. The normalized spacial score (nSPS) is 19.3. The van der Waals surface area contributed by atoms with Gasteiger partial charge in [0.25, 0.3) is 0 Å². The van der Waals surface area contributed by atoms with Crippen LogP contribution in [0.3, 0.4) is 0 Å². The fraction of sp³-hybridized carbons (Fsp3) is 0.625. The van der Waals surface area contributed by atoms with E-state index in [4.69, 9.17) is 4.74 Å². The molecule has 0 saturated carbocycles. The summed E-state index contributed by atoms with van der Waals surface area (Å²) in [6.45, 7) is 5.87. The number of hydrogen-bond acceptors (Lipinski definition) is 2. The first-order valence-electron chi connectivity index (χ1n) is 7.49. The van der Waals surface area contributed by atoms with Gasteiger partial charge >= 0.3 is 0 Å². The van der Waals surface area contributed by atoms with E-state index in [-0.39, 0.29) is 0 Å². The number of nitrogens with zero attached hydrogens (tertiary/aromatic N) is 1. The van der Waals surface area contributed by atoms with Gasteiger partial charge in [0.15, 0.2) is 0 Å². The monoisotopic (exact) mass is 261 g/mol. The maximum Gasteiger partial charge on any atom is 0.119 e. The summed E-state index contributed by atoms with van der Waals surface area (Å²) in [4.78, 5) is 0. The van der Waals surface area contributed by atoms with Crippen LogP contribution in [0.5, 0.6) is 5.75 Å². The van der Waals surface area contributed by atoms with Gasteiger partial charge in [-0.05, 0) is 24.1 Å². The lowest BCUT2D eigenvalue weighted by Crippen LogP contribution is -2.38. The Morgan fingerprint density at radius 3 is 2.74 bits per heavy atom. The van der Waals surface area contributed by atoms with Crippen molar-refractivity contribution < 1.29 is 4.74 Å². The Kier molecular flexibility index (Phi) is 6.18. The Labute approximate surface area is 116 Å². The van der Waals surface area contributed by atoms with Crippen molar-refractivity contribution in [1.29, 1.82) is 0 Å². The van der Waals surface area contributed by atoms with Gasteiger partial charge in [-0.15, -0.1) is 0 Å². The van der Waals surface area contributed by atoms with E-state index >= 15 is 0 Å². The molecule has 0 aromatic heterocycles. The van der Waals surface area contributed by atoms with Gasteiger partial charge in [0.1, 0.15) is 5.75 Å². The zero-order valence-electron chi connectivity index (χ0n) is 11.9. The standard InChI is InChI=1S/C16H25N2O/c1-2-3-4-5-12-19-15-8-6-14(7-9-15)16-13-17-10-11-18-16/h6-9,16,18H,2-5,10-13H2,1H3. The highest BCUT2D eigenvalue weighted by Gasteiger charge is 2.14. The minimum Gasteiger partial charge on any atom is -0.494 e. The zero-order chi connectivity index (χ0) is 13.3. The highest BCUT2D eigenvalue weighted by molar-refractivity contribution is 5.29. The quantitative estimate of drug-likeness (QED) is 0.766. The van der Waals surface area contributed by atoms with Crippen molar-refractivity contribution in [2.45, 2.75) is 38.6 Å². The number of piperazine rings is 1. The molecule has 0 spiro atoms. The van der Waals surface area contributed by atoms with Crippen molar-refractivity contribution in [3.63, 3.8) is 0 Å². The van der Waals surface area contributed by atoms with Gasteiger partial charge in [-0.1, -0.05) is 38.3 Å². The minimum absolute atomic E-state index is 0.382. The summed E-state index contributed by atoms with van der Waals surface area (Å²) < 4.78 is 5.75. The predicted octanol–water partition coefficient (Wildman–Crippen LogP) is 2.89. The number of nitrogens with one attached hydrogen (secondary N) is 1. The van der Waals surface area contributed by atoms with E-state index in [1.165, 1.54) is 24.8 Å². The van der Waals surface area contributed by atoms with E-state index in [0.717, 1.165) is 38.4 Å². The lowest BCUT2D eigenvalue weighted by Gasteiger charge is -2.23. The van der Waals surface area contributed by atoms with Crippen molar-refractivity contribution >= 4 is 0 Å². The van der Waals surface area contributed by atoms with Crippen molar-refractivity contribution in [2.75, 3.05) is 26.2 Å². The first kappa shape index (κ1) is 14.4. The Bertz CT molecular complexity index is 344. The molecule has 1 fully saturated rings. The van der Waals surface area contributed by atoms with Crippen LogP contribution in [0.15, 0.2) is 24.3 Å². The first-order valence-corrected chi connectivity index (χ1v) is 7.49. The largest absolute Gasteiger partial charge is 0.494 e. The SMILES string of the molecule is CCCCCCOc1ccc(C2C[N]CCN2)cc1. The van der Waals surface area contributed by atoms with Crippen LogP contribution in [0.25, 0.3) is 0 Å². The van der Waals surface area contributed by atoms with Crippen molar-refractivity contribution in [3.8, 4) is 5.75 Å². The zero-order valence-corrected chi connectivity index (χ0v) is 11.9. The van der Waals surface area contributed by atoms with Gasteiger partial charge in [0, 0.05) is 25.7 Å². The number of hydrogen-bond donors (Lipinski definition) is 1. The molecule has 1 heterocycles. The summed E-state index contributed by atoms with van der Waals surface area (Å²) in [6.07, 6.45) is 4.99. The topological polar surface area (TPSA) is 35.4 Å². The molecule has 0 bridgehead atoms. The summed E-state index contributed by atoms with van der Waals surface area (Å²) in [5, 5.41) is 7.93. The van der Waals surface area contributed by atoms with Crippen LogP contribution >= 0.6 is 0 Å². The highest BCUT2D eigenvalue weighted by Crippen LogP contribution is 2.19. The Morgan fingerprint density at radius 2 is 2.05 bits per heavy atom. The molecular weight excluding hydrogens is 236 g/mol. The predicted molar refractivity (Wildman–Crippen MR) is 78.7 cm³/mol. The maximum absolute atomic E-state index is 5.75. The number of ether oxygens (including phenoxy) is 1. The fourth-order valence-electron chi connectivity index (χ4n) is 2.34. The molecule has 3 nitrogen and oxygen atoms in total. The smallest absolute Gasteiger partial charge is 0.119 e. The van der Waals surface area contributed by atoms with Gasteiger partial charge in [-0.2, -0.15) is 0 Å². The summed E-state index contributed by atoms with van der Waals surface area (Å²) in [7, 11) is 0. The molecule has 3 heteroatoms. The molecule has 0 aliphatic carbocycles. The Balaban J connectivity index is 1.74. The molecule has 1 unspecified atom stereocenters.